The average Bonchev–Trinajstić information content (AvgIpc) is 2.41. The van der Waals surface area contributed by atoms with Gasteiger partial charge in [0.15, 0.2) is 0 Å². The third-order valence-electron chi connectivity index (χ3n) is 2.95. The summed E-state index contributed by atoms with van der Waals surface area (Å²) in [4.78, 5) is 13.2. The van der Waals surface area contributed by atoms with Crippen LogP contribution >= 0.6 is 11.6 Å². The molecule has 3 N–H and O–H groups in total. The quantitative estimate of drug-likeness (QED) is 0.738. The van der Waals surface area contributed by atoms with Crippen molar-refractivity contribution >= 4 is 17.6 Å². The van der Waals surface area contributed by atoms with Crippen molar-refractivity contribution in [3.63, 3.8) is 0 Å². The number of aliphatic hydroxyl groups is 2. The molecular formula is C13H17ClN2O4. The Hall–Kier alpha value is -1.50. The molecule has 1 heterocycles. The van der Waals surface area contributed by atoms with Crippen molar-refractivity contribution in [2.75, 3.05) is 26.2 Å². The average molecular weight is 301 g/mol. The number of likely N-dealkylation sites (tertiary alicyclic amines) is 1. The summed E-state index contributed by atoms with van der Waals surface area (Å²) in [7, 11) is 0. The molecule has 1 aromatic rings. The summed E-state index contributed by atoms with van der Waals surface area (Å²) in [6, 6.07) is 6.78. The van der Waals surface area contributed by atoms with Crippen LogP contribution in [0, 0.1) is 0 Å². The van der Waals surface area contributed by atoms with Crippen LogP contribution in [-0.2, 0) is 0 Å². The largest absolute Gasteiger partial charge is 0.487 e. The molecular weight excluding hydrogens is 284 g/mol. The van der Waals surface area contributed by atoms with Crippen molar-refractivity contribution in [3.8, 4) is 5.75 Å². The lowest BCUT2D eigenvalue weighted by Crippen LogP contribution is -2.59. The Bertz CT molecular complexity index is 448. The SMILES string of the molecule is O=C(NCC(O)CO)N1CC(Oc2ccc(Cl)cc2)C1. The Morgan fingerprint density at radius 2 is 2.10 bits per heavy atom. The molecule has 1 fully saturated rings. The second-order valence-corrected chi connectivity index (χ2v) is 5.06. The fraction of sp³-hybridized carbons (Fsp3) is 0.462. The van der Waals surface area contributed by atoms with Gasteiger partial charge in [-0.1, -0.05) is 11.6 Å². The summed E-state index contributed by atoms with van der Waals surface area (Å²) in [5.41, 5.74) is 0. The van der Waals surface area contributed by atoms with Gasteiger partial charge in [0, 0.05) is 11.6 Å². The minimum absolute atomic E-state index is 0.0363. The second kappa shape index (κ2) is 6.78. The van der Waals surface area contributed by atoms with E-state index in [0.717, 1.165) is 5.75 Å². The number of rotatable bonds is 5. The summed E-state index contributed by atoms with van der Waals surface area (Å²) in [6.45, 7) is 0.643. The lowest BCUT2D eigenvalue weighted by atomic mass is 10.2. The molecule has 0 bridgehead atoms. The highest BCUT2D eigenvalue weighted by molar-refractivity contribution is 6.30. The van der Waals surface area contributed by atoms with Gasteiger partial charge in [-0.2, -0.15) is 0 Å². The van der Waals surface area contributed by atoms with E-state index >= 15 is 0 Å². The van der Waals surface area contributed by atoms with Crippen molar-refractivity contribution < 1.29 is 19.7 Å². The molecule has 1 unspecified atom stereocenters. The first-order valence-electron chi connectivity index (χ1n) is 6.32. The van der Waals surface area contributed by atoms with E-state index < -0.39 is 6.10 Å². The number of hydrogen-bond donors (Lipinski definition) is 3. The number of halogens is 1. The zero-order valence-electron chi connectivity index (χ0n) is 10.8. The summed E-state index contributed by atoms with van der Waals surface area (Å²) >= 11 is 5.78. The summed E-state index contributed by atoms with van der Waals surface area (Å²) in [5.74, 6) is 0.718. The maximum Gasteiger partial charge on any atom is 0.317 e. The maximum atomic E-state index is 11.6. The van der Waals surface area contributed by atoms with Crippen LogP contribution in [0.4, 0.5) is 4.79 Å². The molecule has 6 nitrogen and oxygen atoms in total. The van der Waals surface area contributed by atoms with E-state index in [9.17, 15) is 4.79 Å². The molecule has 1 aliphatic rings. The van der Waals surface area contributed by atoms with E-state index in [1.165, 1.54) is 0 Å². The van der Waals surface area contributed by atoms with Crippen LogP contribution in [0.2, 0.25) is 5.02 Å². The monoisotopic (exact) mass is 300 g/mol. The highest BCUT2D eigenvalue weighted by Gasteiger charge is 2.32. The zero-order valence-corrected chi connectivity index (χ0v) is 11.6. The molecule has 0 radical (unpaired) electrons. The zero-order chi connectivity index (χ0) is 14.5. The van der Waals surface area contributed by atoms with Crippen LogP contribution in [0.1, 0.15) is 0 Å². The Labute approximate surface area is 121 Å². The Balaban J connectivity index is 1.69. The van der Waals surface area contributed by atoms with Gasteiger partial charge in [0.25, 0.3) is 0 Å². The van der Waals surface area contributed by atoms with E-state index in [1.807, 2.05) is 0 Å². The van der Waals surface area contributed by atoms with Crippen LogP contribution in [0.15, 0.2) is 24.3 Å². The first kappa shape index (κ1) is 14.9. The van der Waals surface area contributed by atoms with Gasteiger partial charge < -0.3 is 25.2 Å². The maximum absolute atomic E-state index is 11.6. The third kappa shape index (κ3) is 4.00. The Morgan fingerprint density at radius 3 is 2.70 bits per heavy atom. The lowest BCUT2D eigenvalue weighted by Gasteiger charge is -2.38. The predicted molar refractivity (Wildman–Crippen MR) is 73.9 cm³/mol. The second-order valence-electron chi connectivity index (χ2n) is 4.62. The predicted octanol–water partition coefficient (Wildman–Crippen LogP) is 0.466. The van der Waals surface area contributed by atoms with Gasteiger partial charge in [0.1, 0.15) is 11.9 Å². The Kier molecular flexibility index (Phi) is 5.05. The van der Waals surface area contributed by atoms with Crippen molar-refractivity contribution in [2.24, 2.45) is 0 Å². The molecule has 2 rings (SSSR count). The van der Waals surface area contributed by atoms with Crippen LogP contribution in [0.3, 0.4) is 0 Å². The number of nitrogens with zero attached hydrogens (tertiary/aromatic N) is 1. The van der Waals surface area contributed by atoms with Crippen LogP contribution < -0.4 is 10.1 Å². The van der Waals surface area contributed by atoms with E-state index in [0.29, 0.717) is 18.1 Å². The Morgan fingerprint density at radius 1 is 1.45 bits per heavy atom. The molecule has 1 aliphatic heterocycles. The van der Waals surface area contributed by atoms with Gasteiger partial charge in [-0.05, 0) is 24.3 Å². The number of urea groups is 1. The summed E-state index contributed by atoms with van der Waals surface area (Å²) in [6.07, 6.45) is -0.967. The molecule has 0 saturated carbocycles. The fourth-order valence-electron chi connectivity index (χ4n) is 1.77. The van der Waals surface area contributed by atoms with Gasteiger partial charge in [0.05, 0.1) is 25.8 Å². The molecule has 1 atom stereocenters. The van der Waals surface area contributed by atoms with Crippen molar-refractivity contribution in [3.05, 3.63) is 29.3 Å². The van der Waals surface area contributed by atoms with Crippen molar-refractivity contribution in [2.45, 2.75) is 12.2 Å². The number of amides is 2. The molecule has 1 aromatic carbocycles. The minimum Gasteiger partial charge on any atom is -0.487 e. The third-order valence-corrected chi connectivity index (χ3v) is 3.20. The molecule has 1 saturated heterocycles. The molecule has 2 amide bonds. The first-order chi connectivity index (χ1) is 9.58. The molecule has 7 heteroatoms. The van der Waals surface area contributed by atoms with Crippen molar-refractivity contribution in [1.29, 1.82) is 0 Å². The molecule has 0 aliphatic carbocycles. The normalized spacial score (nSPS) is 16.4. The minimum atomic E-state index is -0.929. The number of carbonyl (C=O) groups excluding carboxylic acids is 1. The number of benzene rings is 1. The van der Waals surface area contributed by atoms with Gasteiger partial charge in [0.2, 0.25) is 0 Å². The van der Waals surface area contributed by atoms with Crippen LogP contribution in [-0.4, -0.2) is 59.6 Å². The molecule has 0 aromatic heterocycles. The number of ether oxygens (including phenoxy) is 1. The van der Waals surface area contributed by atoms with Crippen LogP contribution in [0.5, 0.6) is 5.75 Å². The van der Waals surface area contributed by atoms with Gasteiger partial charge >= 0.3 is 6.03 Å². The van der Waals surface area contributed by atoms with E-state index in [1.54, 1.807) is 29.2 Å². The smallest absolute Gasteiger partial charge is 0.317 e. The highest BCUT2D eigenvalue weighted by Crippen LogP contribution is 2.20. The first-order valence-corrected chi connectivity index (χ1v) is 6.70. The topological polar surface area (TPSA) is 82.0 Å². The summed E-state index contributed by atoms with van der Waals surface area (Å²) in [5, 5.41) is 20.9. The van der Waals surface area contributed by atoms with Gasteiger partial charge in [-0.15, -0.1) is 0 Å². The number of aliphatic hydroxyl groups excluding tert-OH is 2. The number of nitrogens with one attached hydrogen (secondary N) is 1. The fourth-order valence-corrected chi connectivity index (χ4v) is 1.89. The standard InChI is InChI=1S/C13H17ClN2O4/c14-9-1-3-11(4-2-9)20-12-6-16(7-12)13(19)15-5-10(18)8-17/h1-4,10,12,17-18H,5-8H2,(H,15,19). The van der Waals surface area contributed by atoms with E-state index in [4.69, 9.17) is 26.6 Å². The summed E-state index contributed by atoms with van der Waals surface area (Å²) < 4.78 is 5.66. The van der Waals surface area contributed by atoms with Gasteiger partial charge in [-0.3, -0.25) is 0 Å². The van der Waals surface area contributed by atoms with Crippen LogP contribution in [0.25, 0.3) is 0 Å². The van der Waals surface area contributed by atoms with E-state index in [-0.39, 0.29) is 25.3 Å². The van der Waals surface area contributed by atoms with Gasteiger partial charge in [-0.25, -0.2) is 4.79 Å². The lowest BCUT2D eigenvalue weighted by molar-refractivity contribution is 0.0413. The number of carbonyl (C=O) groups is 1. The molecule has 20 heavy (non-hydrogen) atoms. The highest BCUT2D eigenvalue weighted by atomic mass is 35.5. The van der Waals surface area contributed by atoms with E-state index in [2.05, 4.69) is 5.32 Å². The van der Waals surface area contributed by atoms with Crippen molar-refractivity contribution in [1.82, 2.24) is 10.2 Å². The molecule has 110 valence electrons. The number of hydrogen-bond acceptors (Lipinski definition) is 4. The molecule has 0 spiro atoms.